The van der Waals surface area contributed by atoms with Crippen LogP contribution in [0.4, 0.5) is 0 Å². The summed E-state index contributed by atoms with van der Waals surface area (Å²) in [5, 5.41) is 4.27. The van der Waals surface area contributed by atoms with Gasteiger partial charge in [0.15, 0.2) is 0 Å². The van der Waals surface area contributed by atoms with Crippen LogP contribution in [0.2, 0.25) is 0 Å². The van der Waals surface area contributed by atoms with Crippen molar-refractivity contribution in [1.82, 2.24) is 5.32 Å². The predicted octanol–water partition coefficient (Wildman–Crippen LogP) is 3.56. The number of ether oxygens (including phenoxy) is 2. The number of hydrogen-bond donors (Lipinski definition) is 1. The first-order valence-corrected chi connectivity index (χ1v) is 9.30. The lowest BCUT2D eigenvalue weighted by atomic mass is 9.72. The Morgan fingerprint density at radius 2 is 1.05 bits per heavy atom. The summed E-state index contributed by atoms with van der Waals surface area (Å²) in [6.45, 7) is 2.00. The summed E-state index contributed by atoms with van der Waals surface area (Å²) in [6, 6.07) is 0. The molecule has 0 aromatic rings. The van der Waals surface area contributed by atoms with Crippen LogP contribution < -0.4 is 5.32 Å². The SMILES string of the molecule is C1CCC(CC2CO2)(NC2(CC3CO3)CCCCC2)CC1. The molecule has 3 nitrogen and oxygen atoms in total. The smallest absolute Gasteiger partial charge is 0.0827 e. The van der Waals surface area contributed by atoms with E-state index in [0.29, 0.717) is 23.3 Å². The zero-order chi connectivity index (χ0) is 14.2. The van der Waals surface area contributed by atoms with E-state index in [9.17, 15) is 0 Å². The maximum atomic E-state index is 5.59. The van der Waals surface area contributed by atoms with E-state index in [4.69, 9.17) is 9.47 Å². The minimum absolute atomic E-state index is 0.367. The largest absolute Gasteiger partial charge is 0.373 e. The molecule has 4 rings (SSSR count). The molecule has 0 amide bonds. The van der Waals surface area contributed by atoms with Crippen LogP contribution in [0.3, 0.4) is 0 Å². The topological polar surface area (TPSA) is 37.1 Å². The highest BCUT2D eigenvalue weighted by Gasteiger charge is 2.46. The molecule has 2 aliphatic carbocycles. The fourth-order valence-corrected chi connectivity index (χ4v) is 5.02. The Balaban J connectivity index is 1.49. The average molecular weight is 293 g/mol. The van der Waals surface area contributed by atoms with Gasteiger partial charge in [0.2, 0.25) is 0 Å². The van der Waals surface area contributed by atoms with Gasteiger partial charge in [0.05, 0.1) is 25.4 Å². The predicted molar refractivity (Wildman–Crippen MR) is 83.5 cm³/mol. The van der Waals surface area contributed by atoms with E-state index in [-0.39, 0.29) is 0 Å². The summed E-state index contributed by atoms with van der Waals surface area (Å²) >= 11 is 0. The molecule has 120 valence electrons. The first-order valence-electron chi connectivity index (χ1n) is 9.30. The van der Waals surface area contributed by atoms with Gasteiger partial charge in [0.25, 0.3) is 0 Å². The van der Waals surface area contributed by atoms with E-state index < -0.39 is 0 Å². The molecular formula is C18H31NO2. The summed E-state index contributed by atoms with van der Waals surface area (Å²) in [6.07, 6.45) is 17.5. The van der Waals surface area contributed by atoms with E-state index in [1.54, 1.807) is 0 Å². The molecule has 1 N–H and O–H groups in total. The van der Waals surface area contributed by atoms with Gasteiger partial charge in [-0.05, 0) is 38.5 Å². The van der Waals surface area contributed by atoms with Crippen molar-refractivity contribution in [2.24, 2.45) is 0 Å². The summed E-state index contributed by atoms with van der Waals surface area (Å²) < 4.78 is 11.2. The van der Waals surface area contributed by atoms with Crippen LogP contribution in [-0.2, 0) is 9.47 Å². The summed E-state index contributed by atoms with van der Waals surface area (Å²) in [7, 11) is 0. The molecular weight excluding hydrogens is 262 g/mol. The summed E-state index contributed by atoms with van der Waals surface area (Å²) in [5.41, 5.74) is 0.733. The van der Waals surface area contributed by atoms with E-state index in [2.05, 4.69) is 5.32 Å². The minimum atomic E-state index is 0.367. The zero-order valence-corrected chi connectivity index (χ0v) is 13.4. The van der Waals surface area contributed by atoms with Gasteiger partial charge in [0, 0.05) is 11.1 Å². The fraction of sp³-hybridized carbons (Fsp3) is 1.00. The molecule has 0 bridgehead atoms. The molecule has 2 saturated carbocycles. The Morgan fingerprint density at radius 1 is 0.667 bits per heavy atom. The van der Waals surface area contributed by atoms with Crippen LogP contribution in [-0.4, -0.2) is 36.5 Å². The van der Waals surface area contributed by atoms with Crippen molar-refractivity contribution in [2.45, 2.75) is 100 Å². The Morgan fingerprint density at radius 3 is 1.38 bits per heavy atom. The molecule has 2 heterocycles. The second-order valence-electron chi connectivity index (χ2n) is 8.13. The van der Waals surface area contributed by atoms with E-state index in [1.165, 1.54) is 77.0 Å². The Bertz CT molecular complexity index is 316. The van der Waals surface area contributed by atoms with Gasteiger partial charge in [-0.2, -0.15) is 0 Å². The normalized spacial score (nSPS) is 37.1. The maximum absolute atomic E-state index is 5.59. The van der Waals surface area contributed by atoms with Gasteiger partial charge >= 0.3 is 0 Å². The lowest BCUT2D eigenvalue weighted by molar-refractivity contribution is 0.0929. The Labute approximate surface area is 129 Å². The number of rotatable bonds is 6. The van der Waals surface area contributed by atoms with Crippen LogP contribution in [0, 0.1) is 0 Å². The van der Waals surface area contributed by atoms with Crippen LogP contribution >= 0.6 is 0 Å². The van der Waals surface area contributed by atoms with Crippen molar-refractivity contribution in [3.63, 3.8) is 0 Å². The molecule has 0 aromatic heterocycles. The fourth-order valence-electron chi connectivity index (χ4n) is 5.02. The quantitative estimate of drug-likeness (QED) is 0.761. The zero-order valence-electron chi connectivity index (χ0n) is 13.4. The van der Waals surface area contributed by atoms with Crippen molar-refractivity contribution in [3.8, 4) is 0 Å². The van der Waals surface area contributed by atoms with E-state index >= 15 is 0 Å². The van der Waals surface area contributed by atoms with Crippen molar-refractivity contribution in [3.05, 3.63) is 0 Å². The van der Waals surface area contributed by atoms with Crippen LogP contribution in [0.1, 0.15) is 77.0 Å². The molecule has 2 atom stereocenters. The van der Waals surface area contributed by atoms with Crippen molar-refractivity contribution >= 4 is 0 Å². The standard InChI is InChI=1S/C18H31NO2/c1-3-7-17(8-4-1,11-15-13-20-15)19-18(12-16-14-21-16)9-5-2-6-10-18/h15-16,19H,1-14H2. The minimum Gasteiger partial charge on any atom is -0.373 e. The second kappa shape index (κ2) is 5.82. The van der Waals surface area contributed by atoms with E-state index in [1.807, 2.05) is 0 Å². The number of epoxide rings is 2. The summed E-state index contributed by atoms with van der Waals surface area (Å²) in [4.78, 5) is 0. The Kier molecular flexibility index (Phi) is 4.01. The van der Waals surface area contributed by atoms with Gasteiger partial charge < -0.3 is 14.8 Å². The second-order valence-corrected chi connectivity index (χ2v) is 8.13. The van der Waals surface area contributed by atoms with Gasteiger partial charge in [-0.15, -0.1) is 0 Å². The van der Waals surface area contributed by atoms with Crippen molar-refractivity contribution in [2.75, 3.05) is 13.2 Å². The highest BCUT2D eigenvalue weighted by Crippen LogP contribution is 2.42. The molecule has 0 spiro atoms. The summed E-state index contributed by atoms with van der Waals surface area (Å²) in [5.74, 6) is 0. The molecule has 4 aliphatic rings. The maximum Gasteiger partial charge on any atom is 0.0827 e. The third-order valence-corrected chi connectivity index (χ3v) is 6.19. The number of hydrogen-bond acceptors (Lipinski definition) is 3. The van der Waals surface area contributed by atoms with Crippen LogP contribution in [0.25, 0.3) is 0 Å². The third kappa shape index (κ3) is 3.62. The number of nitrogens with one attached hydrogen (secondary N) is 1. The third-order valence-electron chi connectivity index (χ3n) is 6.19. The molecule has 2 saturated heterocycles. The molecule has 21 heavy (non-hydrogen) atoms. The lowest BCUT2D eigenvalue weighted by Gasteiger charge is -2.49. The van der Waals surface area contributed by atoms with Gasteiger partial charge in [-0.1, -0.05) is 38.5 Å². The highest BCUT2D eigenvalue weighted by molar-refractivity contribution is 5.04. The molecule has 2 unspecified atom stereocenters. The first kappa shape index (κ1) is 14.5. The lowest BCUT2D eigenvalue weighted by Crippen LogP contribution is -2.60. The highest BCUT2D eigenvalue weighted by atomic mass is 16.6. The molecule has 0 radical (unpaired) electrons. The Hall–Kier alpha value is -0.120. The molecule has 2 aliphatic heterocycles. The van der Waals surface area contributed by atoms with Crippen LogP contribution in [0.15, 0.2) is 0 Å². The van der Waals surface area contributed by atoms with Crippen LogP contribution in [0.5, 0.6) is 0 Å². The van der Waals surface area contributed by atoms with Crippen molar-refractivity contribution < 1.29 is 9.47 Å². The monoisotopic (exact) mass is 293 g/mol. The molecule has 3 heteroatoms. The van der Waals surface area contributed by atoms with Crippen molar-refractivity contribution in [1.29, 1.82) is 0 Å². The van der Waals surface area contributed by atoms with E-state index in [0.717, 1.165) is 13.2 Å². The van der Waals surface area contributed by atoms with Gasteiger partial charge in [-0.25, -0.2) is 0 Å². The molecule has 4 fully saturated rings. The van der Waals surface area contributed by atoms with Gasteiger partial charge in [0.1, 0.15) is 0 Å². The first-order chi connectivity index (χ1) is 10.3. The molecule has 0 aromatic carbocycles. The van der Waals surface area contributed by atoms with Gasteiger partial charge in [-0.3, -0.25) is 0 Å². The average Bonchev–Trinajstić information content (AvgIpc) is 3.38.